The maximum absolute atomic E-state index is 12.2. The number of anilines is 1. The van der Waals surface area contributed by atoms with E-state index in [9.17, 15) is 8.42 Å². The van der Waals surface area contributed by atoms with Crippen LogP contribution in [-0.2, 0) is 10.0 Å². The highest BCUT2D eigenvalue weighted by atomic mass is 32.2. The zero-order valence-electron chi connectivity index (χ0n) is 11.4. The molecule has 0 saturated heterocycles. The summed E-state index contributed by atoms with van der Waals surface area (Å²) in [5.74, 6) is 0.618. The van der Waals surface area contributed by atoms with Crippen LogP contribution in [0.15, 0.2) is 29.4 Å². The minimum Gasteiger partial charge on any atom is -0.373 e. The summed E-state index contributed by atoms with van der Waals surface area (Å²) < 4.78 is 27.1. The summed E-state index contributed by atoms with van der Waals surface area (Å²) in [6.07, 6.45) is 3.06. The molecule has 0 bridgehead atoms. The molecular formula is C12H16N4O2S2. The topological polar surface area (TPSA) is 84.0 Å². The number of sulfonamides is 1. The van der Waals surface area contributed by atoms with Crippen molar-refractivity contribution < 1.29 is 8.42 Å². The van der Waals surface area contributed by atoms with E-state index in [1.165, 1.54) is 23.6 Å². The van der Waals surface area contributed by atoms with E-state index < -0.39 is 10.0 Å². The van der Waals surface area contributed by atoms with Crippen molar-refractivity contribution in [3.8, 4) is 0 Å². The summed E-state index contributed by atoms with van der Waals surface area (Å²) in [6.45, 7) is 3.70. The standard InChI is InChI=1S/C12H16N4O2S2/c1-8-6-15-12(19-8)9(2)16-20(17,18)10-4-5-11(13-3)14-7-10/h4-7,9,16H,1-3H3,(H,13,14). The molecule has 2 aromatic rings. The van der Waals surface area contributed by atoms with Crippen LogP contribution in [0.5, 0.6) is 0 Å². The second-order valence-electron chi connectivity index (χ2n) is 4.28. The molecular weight excluding hydrogens is 296 g/mol. The molecule has 0 saturated carbocycles. The van der Waals surface area contributed by atoms with E-state index >= 15 is 0 Å². The number of aromatic nitrogens is 2. The van der Waals surface area contributed by atoms with Crippen molar-refractivity contribution >= 4 is 27.2 Å². The number of hydrogen-bond donors (Lipinski definition) is 2. The molecule has 0 spiro atoms. The fourth-order valence-electron chi connectivity index (χ4n) is 1.61. The van der Waals surface area contributed by atoms with E-state index in [1.54, 1.807) is 26.2 Å². The SMILES string of the molecule is CNc1ccc(S(=O)(=O)NC(C)c2ncc(C)s2)cn1. The van der Waals surface area contributed by atoms with Crippen molar-refractivity contribution in [1.82, 2.24) is 14.7 Å². The molecule has 1 atom stereocenters. The Morgan fingerprint density at radius 2 is 2.00 bits per heavy atom. The van der Waals surface area contributed by atoms with Crippen LogP contribution in [0, 0.1) is 6.92 Å². The fraction of sp³-hybridized carbons (Fsp3) is 0.333. The molecule has 0 aliphatic heterocycles. The summed E-state index contributed by atoms with van der Waals surface area (Å²) in [5, 5.41) is 3.58. The molecule has 0 aliphatic carbocycles. The molecule has 8 heteroatoms. The summed E-state index contributed by atoms with van der Waals surface area (Å²) in [4.78, 5) is 9.37. The van der Waals surface area contributed by atoms with Gasteiger partial charge in [-0.1, -0.05) is 0 Å². The van der Waals surface area contributed by atoms with Crippen LogP contribution in [0.1, 0.15) is 22.9 Å². The molecule has 0 radical (unpaired) electrons. The van der Waals surface area contributed by atoms with Crippen LogP contribution in [0.25, 0.3) is 0 Å². The molecule has 1 unspecified atom stereocenters. The molecule has 0 fully saturated rings. The Kier molecular flexibility index (Phi) is 4.36. The van der Waals surface area contributed by atoms with Gasteiger partial charge in [0.1, 0.15) is 15.7 Å². The summed E-state index contributed by atoms with van der Waals surface area (Å²) in [6, 6.07) is 2.76. The van der Waals surface area contributed by atoms with Crippen LogP contribution < -0.4 is 10.0 Å². The summed E-state index contributed by atoms with van der Waals surface area (Å²) in [7, 11) is -1.87. The van der Waals surface area contributed by atoms with Crippen molar-refractivity contribution in [2.24, 2.45) is 0 Å². The molecule has 0 amide bonds. The lowest BCUT2D eigenvalue weighted by molar-refractivity contribution is 0.566. The van der Waals surface area contributed by atoms with E-state index in [1.807, 2.05) is 6.92 Å². The minimum absolute atomic E-state index is 0.136. The summed E-state index contributed by atoms with van der Waals surface area (Å²) >= 11 is 1.47. The van der Waals surface area contributed by atoms with Crippen LogP contribution in [0.2, 0.25) is 0 Å². The van der Waals surface area contributed by atoms with E-state index in [4.69, 9.17) is 0 Å². The molecule has 0 aromatic carbocycles. The molecule has 2 heterocycles. The molecule has 20 heavy (non-hydrogen) atoms. The lowest BCUT2D eigenvalue weighted by atomic mass is 10.4. The average molecular weight is 312 g/mol. The minimum atomic E-state index is -3.60. The fourth-order valence-corrected chi connectivity index (χ4v) is 3.61. The van der Waals surface area contributed by atoms with Gasteiger partial charge in [0.15, 0.2) is 0 Å². The largest absolute Gasteiger partial charge is 0.373 e. The zero-order chi connectivity index (χ0) is 14.8. The van der Waals surface area contributed by atoms with E-state index in [0.717, 1.165) is 9.88 Å². The van der Waals surface area contributed by atoms with Crippen LogP contribution in [-0.4, -0.2) is 25.4 Å². The Balaban J connectivity index is 2.17. The second-order valence-corrected chi connectivity index (χ2v) is 7.26. The Hall–Kier alpha value is -1.51. The quantitative estimate of drug-likeness (QED) is 0.881. The number of hydrogen-bond acceptors (Lipinski definition) is 6. The highest BCUT2D eigenvalue weighted by Gasteiger charge is 2.20. The highest BCUT2D eigenvalue weighted by Crippen LogP contribution is 2.21. The van der Waals surface area contributed by atoms with Gasteiger partial charge in [0.05, 0.1) is 6.04 Å². The normalized spacial score (nSPS) is 13.2. The van der Waals surface area contributed by atoms with E-state index in [0.29, 0.717) is 5.82 Å². The number of thiazole rings is 1. The van der Waals surface area contributed by atoms with Gasteiger partial charge in [0.2, 0.25) is 10.0 Å². The molecule has 2 N–H and O–H groups in total. The van der Waals surface area contributed by atoms with Gasteiger partial charge in [0, 0.05) is 24.3 Å². The van der Waals surface area contributed by atoms with Gasteiger partial charge in [-0.15, -0.1) is 11.3 Å². The Bertz CT molecular complexity index is 680. The summed E-state index contributed by atoms with van der Waals surface area (Å²) in [5.41, 5.74) is 0. The zero-order valence-corrected chi connectivity index (χ0v) is 13.0. The van der Waals surface area contributed by atoms with Gasteiger partial charge < -0.3 is 5.32 Å². The van der Waals surface area contributed by atoms with Crippen molar-refractivity contribution in [1.29, 1.82) is 0 Å². The molecule has 0 aliphatic rings. The first-order valence-corrected chi connectivity index (χ1v) is 8.31. The molecule has 108 valence electrons. The van der Waals surface area contributed by atoms with E-state index in [2.05, 4.69) is 20.0 Å². The van der Waals surface area contributed by atoms with Crippen molar-refractivity contribution in [2.75, 3.05) is 12.4 Å². The monoisotopic (exact) mass is 312 g/mol. The maximum Gasteiger partial charge on any atom is 0.242 e. The Labute approximate surface area is 122 Å². The number of nitrogens with one attached hydrogen (secondary N) is 2. The van der Waals surface area contributed by atoms with Crippen LogP contribution >= 0.6 is 11.3 Å². The Morgan fingerprint density at radius 1 is 1.25 bits per heavy atom. The lowest BCUT2D eigenvalue weighted by Gasteiger charge is -2.12. The number of aryl methyl sites for hydroxylation is 1. The Morgan fingerprint density at radius 3 is 2.50 bits per heavy atom. The maximum atomic E-state index is 12.2. The molecule has 2 rings (SSSR count). The first-order valence-electron chi connectivity index (χ1n) is 6.01. The smallest absolute Gasteiger partial charge is 0.242 e. The number of pyridine rings is 1. The van der Waals surface area contributed by atoms with Gasteiger partial charge in [-0.05, 0) is 26.0 Å². The van der Waals surface area contributed by atoms with Crippen molar-refractivity contribution in [3.05, 3.63) is 34.4 Å². The second kappa shape index (κ2) is 5.86. The van der Waals surface area contributed by atoms with E-state index in [-0.39, 0.29) is 10.9 Å². The van der Waals surface area contributed by atoms with Gasteiger partial charge >= 0.3 is 0 Å². The predicted molar refractivity (Wildman–Crippen MR) is 79.4 cm³/mol. The van der Waals surface area contributed by atoms with Crippen molar-refractivity contribution in [2.45, 2.75) is 24.8 Å². The lowest BCUT2D eigenvalue weighted by Crippen LogP contribution is -2.26. The average Bonchev–Trinajstić information content (AvgIpc) is 2.85. The van der Waals surface area contributed by atoms with Crippen LogP contribution in [0.3, 0.4) is 0 Å². The molecule has 2 aromatic heterocycles. The van der Waals surface area contributed by atoms with Crippen molar-refractivity contribution in [3.63, 3.8) is 0 Å². The van der Waals surface area contributed by atoms with Crippen LogP contribution in [0.4, 0.5) is 5.82 Å². The highest BCUT2D eigenvalue weighted by molar-refractivity contribution is 7.89. The van der Waals surface area contributed by atoms with Gasteiger partial charge in [-0.3, -0.25) is 0 Å². The van der Waals surface area contributed by atoms with Gasteiger partial charge in [0.25, 0.3) is 0 Å². The number of nitrogens with zero attached hydrogens (tertiary/aromatic N) is 2. The first kappa shape index (κ1) is 14.9. The predicted octanol–water partition coefficient (Wildman–Crippen LogP) is 1.93. The third-order valence-electron chi connectivity index (χ3n) is 2.64. The third kappa shape index (κ3) is 3.33. The van der Waals surface area contributed by atoms with Gasteiger partial charge in [-0.25, -0.2) is 23.1 Å². The number of rotatable bonds is 5. The van der Waals surface area contributed by atoms with Gasteiger partial charge in [-0.2, -0.15) is 0 Å². The first-order chi connectivity index (χ1) is 9.42. The molecule has 6 nitrogen and oxygen atoms in total. The third-order valence-corrected chi connectivity index (χ3v) is 5.27.